The number of methoxy groups -OCH3 is 1. The van der Waals surface area contributed by atoms with Crippen LogP contribution in [0.25, 0.3) is 0 Å². The molecule has 19 heavy (non-hydrogen) atoms. The van der Waals surface area contributed by atoms with E-state index in [0.29, 0.717) is 4.91 Å². The van der Waals surface area contributed by atoms with Crippen LogP contribution in [0.2, 0.25) is 0 Å². The fourth-order valence-corrected chi connectivity index (χ4v) is 2.50. The molecule has 4 heteroatoms. The van der Waals surface area contributed by atoms with Crippen molar-refractivity contribution in [3.8, 4) is 0 Å². The van der Waals surface area contributed by atoms with E-state index in [0.717, 1.165) is 18.8 Å². The standard InChI is InChI=1S/C15H21NO2S/c1-4-16(5-2)11-14(15(17)18-3)19-12-13-9-7-6-8-10-13/h6-11H,4-5,12H2,1-3H3/b14-11-. The molecule has 0 amide bonds. The van der Waals surface area contributed by atoms with Crippen molar-refractivity contribution in [1.29, 1.82) is 0 Å². The molecular weight excluding hydrogens is 258 g/mol. The summed E-state index contributed by atoms with van der Waals surface area (Å²) in [6.07, 6.45) is 1.89. The van der Waals surface area contributed by atoms with Gasteiger partial charge in [0.15, 0.2) is 0 Å². The zero-order chi connectivity index (χ0) is 14.1. The van der Waals surface area contributed by atoms with Crippen molar-refractivity contribution in [3.05, 3.63) is 47.0 Å². The van der Waals surface area contributed by atoms with E-state index in [1.54, 1.807) is 0 Å². The van der Waals surface area contributed by atoms with Crippen LogP contribution in [0.5, 0.6) is 0 Å². The monoisotopic (exact) mass is 279 g/mol. The second-order valence-electron chi connectivity index (χ2n) is 3.98. The zero-order valence-corrected chi connectivity index (χ0v) is 12.6. The Balaban J connectivity index is 2.72. The molecule has 0 spiro atoms. The Morgan fingerprint density at radius 1 is 1.26 bits per heavy atom. The lowest BCUT2D eigenvalue weighted by Gasteiger charge is -2.17. The van der Waals surface area contributed by atoms with Crippen molar-refractivity contribution in [2.75, 3.05) is 20.2 Å². The third kappa shape index (κ3) is 5.39. The molecular formula is C15H21NO2S. The van der Waals surface area contributed by atoms with Gasteiger partial charge in [0.2, 0.25) is 0 Å². The molecule has 3 nitrogen and oxygen atoms in total. The summed E-state index contributed by atoms with van der Waals surface area (Å²) >= 11 is 1.51. The van der Waals surface area contributed by atoms with Gasteiger partial charge in [0.25, 0.3) is 0 Å². The van der Waals surface area contributed by atoms with Crippen LogP contribution in [-0.2, 0) is 15.3 Å². The van der Waals surface area contributed by atoms with Crippen molar-refractivity contribution in [2.24, 2.45) is 0 Å². The number of benzene rings is 1. The zero-order valence-electron chi connectivity index (χ0n) is 11.8. The minimum Gasteiger partial charge on any atom is -0.465 e. The molecule has 0 fully saturated rings. The predicted octanol–water partition coefficient (Wildman–Crippen LogP) is 3.28. The summed E-state index contributed by atoms with van der Waals surface area (Å²) in [6, 6.07) is 10.1. The van der Waals surface area contributed by atoms with Crippen LogP contribution in [0.4, 0.5) is 0 Å². The number of ether oxygens (including phenoxy) is 1. The van der Waals surface area contributed by atoms with Gasteiger partial charge >= 0.3 is 5.97 Å². The molecule has 0 bridgehead atoms. The highest BCUT2D eigenvalue weighted by atomic mass is 32.2. The fraction of sp³-hybridized carbons (Fsp3) is 0.400. The van der Waals surface area contributed by atoms with Gasteiger partial charge in [-0.2, -0.15) is 0 Å². The summed E-state index contributed by atoms with van der Waals surface area (Å²) in [5, 5.41) is 0. The Morgan fingerprint density at radius 3 is 2.42 bits per heavy atom. The third-order valence-corrected chi connectivity index (χ3v) is 3.80. The van der Waals surface area contributed by atoms with E-state index >= 15 is 0 Å². The molecule has 1 aromatic rings. The maximum Gasteiger partial charge on any atom is 0.345 e. The van der Waals surface area contributed by atoms with E-state index in [9.17, 15) is 4.79 Å². The lowest BCUT2D eigenvalue weighted by Crippen LogP contribution is -2.18. The summed E-state index contributed by atoms with van der Waals surface area (Å²) in [5.74, 6) is 0.496. The first kappa shape index (κ1) is 15.6. The van der Waals surface area contributed by atoms with Crippen LogP contribution >= 0.6 is 11.8 Å². The fourth-order valence-electron chi connectivity index (χ4n) is 1.56. The van der Waals surface area contributed by atoms with E-state index < -0.39 is 0 Å². The Bertz CT molecular complexity index is 413. The summed E-state index contributed by atoms with van der Waals surface area (Å²) in [6.45, 7) is 5.89. The third-order valence-electron chi connectivity index (χ3n) is 2.74. The molecule has 0 radical (unpaired) electrons. The van der Waals surface area contributed by atoms with Gasteiger partial charge in [-0.05, 0) is 19.4 Å². The van der Waals surface area contributed by atoms with Crippen LogP contribution in [0.15, 0.2) is 41.4 Å². The molecule has 0 aromatic heterocycles. The molecule has 0 aliphatic carbocycles. The number of carbonyl (C=O) groups excluding carboxylic acids is 1. The topological polar surface area (TPSA) is 29.5 Å². The summed E-state index contributed by atoms with van der Waals surface area (Å²) in [4.78, 5) is 14.5. The number of carbonyl (C=O) groups is 1. The highest BCUT2D eigenvalue weighted by Crippen LogP contribution is 2.23. The second kappa shape index (κ2) is 8.64. The molecule has 0 aliphatic rings. The van der Waals surface area contributed by atoms with E-state index in [4.69, 9.17) is 4.74 Å². The van der Waals surface area contributed by atoms with Crippen LogP contribution in [0, 0.1) is 0 Å². The smallest absolute Gasteiger partial charge is 0.345 e. The molecule has 1 rings (SSSR count). The molecule has 104 valence electrons. The molecule has 0 unspecified atom stereocenters. The van der Waals surface area contributed by atoms with Gasteiger partial charge in [0, 0.05) is 25.0 Å². The summed E-state index contributed by atoms with van der Waals surface area (Å²) < 4.78 is 4.84. The number of hydrogen-bond acceptors (Lipinski definition) is 4. The average molecular weight is 279 g/mol. The maximum absolute atomic E-state index is 11.8. The molecule has 0 heterocycles. The summed E-state index contributed by atoms with van der Waals surface area (Å²) in [5.41, 5.74) is 1.20. The Labute approximate surface area is 119 Å². The average Bonchev–Trinajstić information content (AvgIpc) is 2.48. The highest BCUT2D eigenvalue weighted by molar-refractivity contribution is 8.03. The van der Waals surface area contributed by atoms with Crippen LogP contribution in [-0.4, -0.2) is 31.1 Å². The maximum atomic E-state index is 11.8. The SMILES string of the molecule is CCN(/C=C(\SCc1ccccc1)C(=O)OC)CC. The lowest BCUT2D eigenvalue weighted by atomic mass is 10.2. The van der Waals surface area contributed by atoms with E-state index in [2.05, 4.69) is 30.9 Å². The van der Waals surface area contributed by atoms with Gasteiger partial charge in [-0.3, -0.25) is 0 Å². The quantitative estimate of drug-likeness (QED) is 0.566. The Morgan fingerprint density at radius 2 is 1.89 bits per heavy atom. The van der Waals surface area contributed by atoms with E-state index in [1.807, 2.05) is 24.4 Å². The van der Waals surface area contributed by atoms with E-state index in [1.165, 1.54) is 24.4 Å². The van der Waals surface area contributed by atoms with Crippen LogP contribution in [0.1, 0.15) is 19.4 Å². The van der Waals surface area contributed by atoms with Crippen molar-refractivity contribution < 1.29 is 9.53 Å². The molecule has 0 N–H and O–H groups in total. The molecule has 0 saturated carbocycles. The molecule has 0 atom stereocenters. The summed E-state index contributed by atoms with van der Waals surface area (Å²) in [7, 11) is 1.42. The number of esters is 1. The highest BCUT2D eigenvalue weighted by Gasteiger charge is 2.12. The van der Waals surface area contributed by atoms with Gasteiger partial charge in [-0.1, -0.05) is 30.3 Å². The minimum atomic E-state index is -0.271. The number of thioether (sulfide) groups is 1. The van der Waals surface area contributed by atoms with Gasteiger partial charge in [-0.25, -0.2) is 4.79 Å². The minimum absolute atomic E-state index is 0.271. The Hall–Kier alpha value is -1.42. The normalized spacial score (nSPS) is 11.2. The van der Waals surface area contributed by atoms with Crippen LogP contribution < -0.4 is 0 Å². The van der Waals surface area contributed by atoms with E-state index in [-0.39, 0.29) is 5.97 Å². The second-order valence-corrected chi connectivity index (χ2v) is 5.00. The number of nitrogens with zero attached hydrogens (tertiary/aromatic N) is 1. The van der Waals surface area contributed by atoms with Crippen molar-refractivity contribution >= 4 is 17.7 Å². The van der Waals surface area contributed by atoms with Gasteiger partial charge in [-0.15, -0.1) is 11.8 Å². The largest absolute Gasteiger partial charge is 0.465 e. The van der Waals surface area contributed by atoms with Crippen molar-refractivity contribution in [1.82, 2.24) is 4.90 Å². The first-order chi connectivity index (χ1) is 9.21. The van der Waals surface area contributed by atoms with Gasteiger partial charge in [0.1, 0.15) is 4.91 Å². The van der Waals surface area contributed by atoms with Crippen molar-refractivity contribution in [2.45, 2.75) is 19.6 Å². The van der Waals surface area contributed by atoms with Gasteiger partial charge < -0.3 is 9.64 Å². The number of rotatable bonds is 7. The Kier molecular flexibility index (Phi) is 7.11. The first-order valence-electron chi connectivity index (χ1n) is 6.42. The van der Waals surface area contributed by atoms with Crippen molar-refractivity contribution in [3.63, 3.8) is 0 Å². The molecule has 1 aromatic carbocycles. The molecule has 0 aliphatic heterocycles. The lowest BCUT2D eigenvalue weighted by molar-refractivity contribution is -0.135. The number of hydrogen-bond donors (Lipinski definition) is 0. The predicted molar refractivity (Wildman–Crippen MR) is 80.8 cm³/mol. The molecule has 0 saturated heterocycles. The van der Waals surface area contributed by atoms with Gasteiger partial charge in [0.05, 0.1) is 7.11 Å². The van der Waals surface area contributed by atoms with Crippen LogP contribution in [0.3, 0.4) is 0 Å². The first-order valence-corrected chi connectivity index (χ1v) is 7.40.